The van der Waals surface area contributed by atoms with Crippen molar-refractivity contribution in [2.45, 2.75) is 45.4 Å². The summed E-state index contributed by atoms with van der Waals surface area (Å²) in [5, 5.41) is 2.92. The first-order valence-corrected chi connectivity index (χ1v) is 9.28. The smallest absolute Gasteiger partial charge is 0.253 e. The Morgan fingerprint density at radius 2 is 1.54 bits per heavy atom. The number of benzene rings is 1. The van der Waals surface area contributed by atoms with Crippen molar-refractivity contribution in [1.82, 2.24) is 10.2 Å². The summed E-state index contributed by atoms with van der Waals surface area (Å²) in [6, 6.07) is 6.88. The number of piperidine rings is 1. The zero-order valence-corrected chi connectivity index (χ0v) is 15.8. The predicted molar refractivity (Wildman–Crippen MR) is 98.0 cm³/mol. The summed E-state index contributed by atoms with van der Waals surface area (Å²) >= 11 is 0. The molecule has 2 aliphatic rings. The molecule has 1 N–H and O–H groups in total. The number of likely N-dealkylation sites (tertiary alicyclic amines) is 1. The molecule has 1 aromatic rings. The summed E-state index contributed by atoms with van der Waals surface area (Å²) in [5.41, 5.74) is 0.887. The monoisotopic (exact) mass is 360 g/mol. The number of carbonyl (C=O) groups is 2. The topological polar surface area (TPSA) is 67.9 Å². The number of carbonyl (C=O) groups excluding carboxylic acids is 2. The Bertz CT molecular complexity index is 637. The van der Waals surface area contributed by atoms with Crippen LogP contribution >= 0.6 is 0 Å². The molecule has 26 heavy (non-hydrogen) atoms. The van der Waals surface area contributed by atoms with Gasteiger partial charge in [0.1, 0.15) is 0 Å². The predicted octanol–water partition coefficient (Wildman–Crippen LogP) is 2.44. The zero-order valence-electron chi connectivity index (χ0n) is 15.8. The van der Waals surface area contributed by atoms with E-state index in [0.717, 1.165) is 12.8 Å². The number of nitrogens with zero attached hydrogens (tertiary/aromatic N) is 1. The van der Waals surface area contributed by atoms with Gasteiger partial charge in [0.25, 0.3) is 11.8 Å². The van der Waals surface area contributed by atoms with E-state index in [2.05, 4.69) is 5.32 Å². The molecule has 0 aliphatic carbocycles. The standard InChI is InChI=1S/C20H28N2O4/c1-20(2,3)21-17(23)14-4-6-15(7-5-14)18(24)22-10-8-16(9-11-22)19-25-12-13-26-19/h4-7,16,19H,8-13H2,1-3H3,(H,21,23). The molecule has 3 rings (SSSR count). The molecule has 2 saturated heterocycles. The third-order valence-electron chi connectivity index (χ3n) is 4.74. The normalized spacial score (nSPS) is 19.6. The van der Waals surface area contributed by atoms with E-state index in [1.807, 2.05) is 25.7 Å². The van der Waals surface area contributed by atoms with Crippen molar-refractivity contribution in [1.29, 1.82) is 0 Å². The molecule has 6 nitrogen and oxygen atoms in total. The van der Waals surface area contributed by atoms with E-state index >= 15 is 0 Å². The first-order valence-electron chi connectivity index (χ1n) is 9.28. The van der Waals surface area contributed by atoms with Gasteiger partial charge in [-0.2, -0.15) is 0 Å². The first kappa shape index (κ1) is 18.9. The van der Waals surface area contributed by atoms with Crippen molar-refractivity contribution >= 4 is 11.8 Å². The Morgan fingerprint density at radius 1 is 1.00 bits per heavy atom. The number of amides is 2. The van der Waals surface area contributed by atoms with Crippen LogP contribution in [0.3, 0.4) is 0 Å². The lowest BCUT2D eigenvalue weighted by atomic mass is 9.95. The molecular weight excluding hydrogens is 332 g/mol. The van der Waals surface area contributed by atoms with Crippen LogP contribution in [0.5, 0.6) is 0 Å². The van der Waals surface area contributed by atoms with Crippen molar-refractivity contribution < 1.29 is 19.1 Å². The number of hydrogen-bond donors (Lipinski definition) is 1. The lowest BCUT2D eigenvalue weighted by Crippen LogP contribution is -2.41. The van der Waals surface area contributed by atoms with Gasteiger partial charge in [0.15, 0.2) is 6.29 Å². The van der Waals surface area contributed by atoms with Gasteiger partial charge >= 0.3 is 0 Å². The molecule has 0 aromatic heterocycles. The third kappa shape index (κ3) is 4.62. The van der Waals surface area contributed by atoms with E-state index in [-0.39, 0.29) is 23.6 Å². The average molecular weight is 360 g/mol. The van der Waals surface area contributed by atoms with Crippen LogP contribution in [-0.4, -0.2) is 54.8 Å². The maximum atomic E-state index is 12.7. The highest BCUT2D eigenvalue weighted by Crippen LogP contribution is 2.26. The fourth-order valence-corrected chi connectivity index (χ4v) is 3.38. The van der Waals surface area contributed by atoms with Gasteiger partial charge < -0.3 is 19.7 Å². The summed E-state index contributed by atoms with van der Waals surface area (Å²) in [6.07, 6.45) is 1.68. The molecular formula is C20H28N2O4. The van der Waals surface area contributed by atoms with E-state index in [1.54, 1.807) is 24.3 Å². The summed E-state index contributed by atoms with van der Waals surface area (Å²) < 4.78 is 11.2. The van der Waals surface area contributed by atoms with Gasteiger partial charge in [-0.1, -0.05) is 0 Å². The van der Waals surface area contributed by atoms with Crippen LogP contribution in [0, 0.1) is 5.92 Å². The second kappa shape index (κ2) is 7.76. The van der Waals surface area contributed by atoms with Gasteiger partial charge in [-0.25, -0.2) is 0 Å². The highest BCUT2D eigenvalue weighted by molar-refractivity contribution is 5.98. The maximum Gasteiger partial charge on any atom is 0.253 e. The summed E-state index contributed by atoms with van der Waals surface area (Å²) in [7, 11) is 0. The molecule has 2 amide bonds. The quantitative estimate of drug-likeness (QED) is 0.899. The van der Waals surface area contributed by atoms with Crippen LogP contribution in [-0.2, 0) is 9.47 Å². The van der Waals surface area contributed by atoms with Crippen molar-refractivity contribution in [3.8, 4) is 0 Å². The molecule has 142 valence electrons. The van der Waals surface area contributed by atoms with Crippen LogP contribution < -0.4 is 5.32 Å². The fourth-order valence-electron chi connectivity index (χ4n) is 3.38. The highest BCUT2D eigenvalue weighted by atomic mass is 16.7. The average Bonchev–Trinajstić information content (AvgIpc) is 3.14. The van der Waals surface area contributed by atoms with Crippen LogP contribution in [0.15, 0.2) is 24.3 Å². The molecule has 0 atom stereocenters. The molecule has 2 aliphatic heterocycles. The number of hydrogen-bond acceptors (Lipinski definition) is 4. The number of nitrogens with one attached hydrogen (secondary N) is 1. The Labute approximate surface area is 154 Å². The first-order chi connectivity index (χ1) is 12.3. The van der Waals surface area contributed by atoms with E-state index in [0.29, 0.717) is 43.3 Å². The molecule has 6 heteroatoms. The third-order valence-corrected chi connectivity index (χ3v) is 4.74. The Hall–Kier alpha value is -1.92. The van der Waals surface area contributed by atoms with Crippen LogP contribution in [0.25, 0.3) is 0 Å². The fraction of sp³-hybridized carbons (Fsp3) is 0.600. The minimum absolute atomic E-state index is 0.0134. The Kier molecular flexibility index (Phi) is 5.63. The van der Waals surface area contributed by atoms with E-state index in [9.17, 15) is 9.59 Å². The van der Waals surface area contributed by atoms with E-state index < -0.39 is 0 Å². The molecule has 0 saturated carbocycles. The number of rotatable bonds is 3. The van der Waals surface area contributed by atoms with Crippen LogP contribution in [0.4, 0.5) is 0 Å². The van der Waals surface area contributed by atoms with Crippen molar-refractivity contribution in [3.05, 3.63) is 35.4 Å². The van der Waals surface area contributed by atoms with Gasteiger partial charge in [0.2, 0.25) is 0 Å². The Balaban J connectivity index is 1.56. The minimum Gasteiger partial charge on any atom is -0.350 e. The molecule has 0 radical (unpaired) electrons. The van der Waals surface area contributed by atoms with Gasteiger partial charge in [-0.3, -0.25) is 9.59 Å². The second-order valence-corrected chi connectivity index (χ2v) is 8.02. The maximum absolute atomic E-state index is 12.7. The van der Waals surface area contributed by atoms with Gasteiger partial charge in [-0.05, 0) is 57.9 Å². The number of ether oxygens (including phenoxy) is 2. The van der Waals surface area contributed by atoms with Gasteiger partial charge in [-0.15, -0.1) is 0 Å². The van der Waals surface area contributed by atoms with Crippen molar-refractivity contribution in [2.24, 2.45) is 5.92 Å². The Morgan fingerprint density at radius 3 is 2.08 bits per heavy atom. The molecule has 2 heterocycles. The van der Waals surface area contributed by atoms with Crippen LogP contribution in [0.1, 0.15) is 54.3 Å². The zero-order chi connectivity index (χ0) is 18.7. The minimum atomic E-state index is -0.289. The molecule has 0 bridgehead atoms. The largest absolute Gasteiger partial charge is 0.350 e. The molecule has 1 aromatic carbocycles. The van der Waals surface area contributed by atoms with E-state index in [4.69, 9.17) is 9.47 Å². The van der Waals surface area contributed by atoms with Crippen LogP contribution in [0.2, 0.25) is 0 Å². The lowest BCUT2D eigenvalue weighted by molar-refractivity contribution is -0.0956. The second-order valence-electron chi connectivity index (χ2n) is 8.02. The van der Waals surface area contributed by atoms with Crippen molar-refractivity contribution in [3.63, 3.8) is 0 Å². The lowest BCUT2D eigenvalue weighted by Gasteiger charge is -2.33. The van der Waals surface area contributed by atoms with Gasteiger partial charge in [0.05, 0.1) is 13.2 Å². The van der Waals surface area contributed by atoms with Gasteiger partial charge in [0, 0.05) is 35.7 Å². The summed E-state index contributed by atoms with van der Waals surface area (Å²) in [6.45, 7) is 8.56. The molecule has 2 fully saturated rings. The molecule has 0 spiro atoms. The summed E-state index contributed by atoms with van der Waals surface area (Å²) in [5.74, 6) is 0.249. The van der Waals surface area contributed by atoms with E-state index in [1.165, 1.54) is 0 Å². The summed E-state index contributed by atoms with van der Waals surface area (Å²) in [4.78, 5) is 26.7. The SMILES string of the molecule is CC(C)(C)NC(=O)c1ccc(C(=O)N2CCC(C3OCCO3)CC2)cc1. The highest BCUT2D eigenvalue weighted by Gasteiger charge is 2.32. The molecule has 0 unspecified atom stereocenters. The van der Waals surface area contributed by atoms with Crippen molar-refractivity contribution in [2.75, 3.05) is 26.3 Å².